The highest BCUT2D eigenvalue weighted by molar-refractivity contribution is 7.99. The summed E-state index contributed by atoms with van der Waals surface area (Å²) in [5, 5.41) is 4.23. The largest absolute Gasteiger partial charge is 0.272 e. The van der Waals surface area contributed by atoms with Crippen LogP contribution >= 0.6 is 23.1 Å². The van der Waals surface area contributed by atoms with E-state index in [1.54, 1.807) is 23.1 Å². The van der Waals surface area contributed by atoms with Gasteiger partial charge in [-0.1, -0.05) is 72.4 Å². The van der Waals surface area contributed by atoms with E-state index in [-0.39, 0.29) is 12.3 Å². The van der Waals surface area contributed by atoms with E-state index in [1.165, 1.54) is 11.1 Å². The molecular formula is C25H21NO2S2. The number of rotatable bonds is 8. The average molecular weight is 432 g/mol. The Hall–Kier alpha value is -2.86. The third-order valence-electron chi connectivity index (χ3n) is 4.53. The predicted molar refractivity (Wildman–Crippen MR) is 123 cm³/mol. The zero-order chi connectivity index (χ0) is 20.6. The Morgan fingerprint density at radius 2 is 1.63 bits per heavy atom. The Kier molecular flexibility index (Phi) is 6.98. The lowest BCUT2D eigenvalue weighted by atomic mass is 10.1. The molecule has 1 N–H and O–H groups in total. The van der Waals surface area contributed by atoms with Crippen LogP contribution in [0.5, 0.6) is 0 Å². The molecule has 1 heterocycles. The van der Waals surface area contributed by atoms with Gasteiger partial charge in [0.15, 0.2) is 0 Å². The number of hydrogen-bond acceptors (Lipinski definition) is 4. The van der Waals surface area contributed by atoms with Crippen LogP contribution in [0.1, 0.15) is 11.1 Å². The minimum Gasteiger partial charge on any atom is -0.272 e. The number of amides is 1. The molecule has 0 spiro atoms. The molecule has 0 saturated carbocycles. The molecule has 0 unspecified atom stereocenters. The number of thiophene rings is 1. The molecule has 3 aromatic carbocycles. The van der Waals surface area contributed by atoms with Crippen LogP contribution in [0.3, 0.4) is 0 Å². The van der Waals surface area contributed by atoms with Gasteiger partial charge in [-0.05, 0) is 57.3 Å². The normalized spacial score (nSPS) is 10.7. The fourth-order valence-corrected chi connectivity index (χ4v) is 4.61. The SMILES string of the molecule is O=C(Cc1ccccc1Sc1ccc(-c2ccsc2)cc1)NOCc1ccccc1. The Morgan fingerprint density at radius 3 is 2.40 bits per heavy atom. The number of hydrogen-bond donors (Lipinski definition) is 1. The van der Waals surface area contributed by atoms with Crippen LogP contribution in [0.25, 0.3) is 11.1 Å². The van der Waals surface area contributed by atoms with Crippen LogP contribution < -0.4 is 5.48 Å². The highest BCUT2D eigenvalue weighted by Gasteiger charge is 2.10. The highest BCUT2D eigenvalue weighted by atomic mass is 32.2. The van der Waals surface area contributed by atoms with Crippen LogP contribution in [-0.4, -0.2) is 5.91 Å². The molecule has 1 amide bonds. The van der Waals surface area contributed by atoms with Crippen molar-refractivity contribution in [2.24, 2.45) is 0 Å². The Balaban J connectivity index is 1.35. The molecule has 3 nitrogen and oxygen atoms in total. The van der Waals surface area contributed by atoms with E-state index in [2.05, 4.69) is 46.6 Å². The van der Waals surface area contributed by atoms with Crippen molar-refractivity contribution in [2.75, 3.05) is 0 Å². The molecule has 0 atom stereocenters. The van der Waals surface area contributed by atoms with E-state index in [0.29, 0.717) is 6.61 Å². The third-order valence-corrected chi connectivity index (χ3v) is 6.34. The molecule has 0 aliphatic carbocycles. The first-order valence-corrected chi connectivity index (χ1v) is 11.4. The van der Waals surface area contributed by atoms with Gasteiger partial charge in [-0.3, -0.25) is 9.63 Å². The first kappa shape index (κ1) is 20.4. The minimum absolute atomic E-state index is 0.160. The second-order valence-corrected chi connectivity index (χ2v) is 8.62. The fourth-order valence-electron chi connectivity index (χ4n) is 3.00. The van der Waals surface area contributed by atoms with Gasteiger partial charge in [0.05, 0.1) is 13.0 Å². The number of benzene rings is 3. The van der Waals surface area contributed by atoms with E-state index < -0.39 is 0 Å². The summed E-state index contributed by atoms with van der Waals surface area (Å²) in [6.45, 7) is 0.347. The second-order valence-electron chi connectivity index (χ2n) is 6.72. The molecule has 150 valence electrons. The van der Waals surface area contributed by atoms with Crippen LogP contribution in [-0.2, 0) is 22.7 Å². The Bertz CT molecular complexity index is 1080. The van der Waals surface area contributed by atoms with Crippen LogP contribution in [0, 0.1) is 0 Å². The third kappa shape index (κ3) is 5.60. The van der Waals surface area contributed by atoms with Crippen molar-refractivity contribution in [3.63, 3.8) is 0 Å². The van der Waals surface area contributed by atoms with Gasteiger partial charge in [-0.25, -0.2) is 5.48 Å². The van der Waals surface area contributed by atoms with Crippen molar-refractivity contribution in [1.29, 1.82) is 0 Å². The van der Waals surface area contributed by atoms with Crippen molar-refractivity contribution >= 4 is 29.0 Å². The van der Waals surface area contributed by atoms with Gasteiger partial charge in [-0.2, -0.15) is 11.3 Å². The molecule has 30 heavy (non-hydrogen) atoms. The molecule has 4 rings (SSSR count). The number of carbonyl (C=O) groups is 1. The summed E-state index contributed by atoms with van der Waals surface area (Å²) in [4.78, 5) is 19.9. The summed E-state index contributed by atoms with van der Waals surface area (Å²) in [5.74, 6) is -0.160. The molecular weight excluding hydrogens is 410 g/mol. The van der Waals surface area contributed by atoms with Crippen LogP contribution in [0.2, 0.25) is 0 Å². The molecule has 4 aromatic rings. The summed E-state index contributed by atoms with van der Waals surface area (Å²) < 4.78 is 0. The van der Waals surface area contributed by atoms with Gasteiger partial charge in [0, 0.05) is 9.79 Å². The summed E-state index contributed by atoms with van der Waals surface area (Å²) in [6.07, 6.45) is 0.269. The quantitative estimate of drug-likeness (QED) is 0.330. The smallest absolute Gasteiger partial charge is 0.248 e. The molecule has 5 heteroatoms. The molecule has 1 aromatic heterocycles. The first-order chi connectivity index (χ1) is 14.8. The minimum atomic E-state index is -0.160. The van der Waals surface area contributed by atoms with E-state index in [9.17, 15) is 4.79 Å². The van der Waals surface area contributed by atoms with Gasteiger partial charge < -0.3 is 0 Å². The van der Waals surface area contributed by atoms with Gasteiger partial charge in [-0.15, -0.1) is 0 Å². The topological polar surface area (TPSA) is 38.3 Å². The molecule has 0 aliphatic heterocycles. The number of carbonyl (C=O) groups excluding carboxylic acids is 1. The molecule has 0 radical (unpaired) electrons. The molecule has 0 aliphatic rings. The monoisotopic (exact) mass is 431 g/mol. The predicted octanol–water partition coefficient (Wildman–Crippen LogP) is 6.36. The van der Waals surface area contributed by atoms with Gasteiger partial charge in [0.1, 0.15) is 0 Å². The Labute approximate surface area is 184 Å². The van der Waals surface area contributed by atoms with Gasteiger partial charge in [0.2, 0.25) is 5.91 Å². The maximum atomic E-state index is 12.3. The van der Waals surface area contributed by atoms with Crippen LogP contribution in [0.4, 0.5) is 0 Å². The summed E-state index contributed by atoms with van der Waals surface area (Å²) in [7, 11) is 0. The van der Waals surface area contributed by atoms with E-state index >= 15 is 0 Å². The van der Waals surface area contributed by atoms with Crippen molar-refractivity contribution in [3.05, 3.63) is 107 Å². The summed E-state index contributed by atoms with van der Waals surface area (Å²) in [6, 6.07) is 28.4. The van der Waals surface area contributed by atoms with Crippen molar-refractivity contribution in [1.82, 2.24) is 5.48 Å². The standard InChI is InChI=1S/C25H21NO2S2/c27-25(26-28-17-19-6-2-1-3-7-19)16-21-8-4-5-9-24(21)30-23-12-10-20(11-13-23)22-14-15-29-18-22/h1-15,18H,16-17H2,(H,26,27). The van der Waals surface area contributed by atoms with E-state index in [0.717, 1.165) is 20.9 Å². The second kappa shape index (κ2) is 10.3. The van der Waals surface area contributed by atoms with Gasteiger partial charge in [0.25, 0.3) is 0 Å². The Morgan fingerprint density at radius 1 is 0.867 bits per heavy atom. The zero-order valence-electron chi connectivity index (χ0n) is 16.3. The lowest BCUT2D eigenvalue weighted by molar-refractivity contribution is -0.133. The lowest BCUT2D eigenvalue weighted by Gasteiger charge is -2.10. The highest BCUT2D eigenvalue weighted by Crippen LogP contribution is 2.32. The maximum Gasteiger partial charge on any atom is 0.248 e. The van der Waals surface area contributed by atoms with E-state index in [4.69, 9.17) is 4.84 Å². The summed E-state index contributed by atoms with van der Waals surface area (Å²) in [5.41, 5.74) is 6.99. The lowest BCUT2D eigenvalue weighted by Crippen LogP contribution is -2.25. The molecule has 0 saturated heterocycles. The molecule has 0 fully saturated rings. The van der Waals surface area contributed by atoms with Crippen molar-refractivity contribution in [3.8, 4) is 11.1 Å². The van der Waals surface area contributed by atoms with E-state index in [1.807, 2.05) is 54.6 Å². The molecule has 0 bridgehead atoms. The maximum absolute atomic E-state index is 12.3. The average Bonchev–Trinajstić information content (AvgIpc) is 3.31. The van der Waals surface area contributed by atoms with Crippen molar-refractivity contribution in [2.45, 2.75) is 22.8 Å². The van der Waals surface area contributed by atoms with Gasteiger partial charge >= 0.3 is 0 Å². The fraction of sp³-hybridized carbons (Fsp3) is 0.0800. The first-order valence-electron chi connectivity index (χ1n) is 9.61. The zero-order valence-corrected chi connectivity index (χ0v) is 17.9. The van der Waals surface area contributed by atoms with Crippen LogP contribution in [0.15, 0.2) is 105 Å². The van der Waals surface area contributed by atoms with Crippen molar-refractivity contribution < 1.29 is 9.63 Å². The number of nitrogens with one attached hydrogen (secondary N) is 1. The number of hydroxylamine groups is 1. The summed E-state index contributed by atoms with van der Waals surface area (Å²) >= 11 is 3.36.